The van der Waals surface area contributed by atoms with Crippen molar-refractivity contribution in [2.45, 2.75) is 19.8 Å². The number of piperidine rings is 1. The maximum atomic E-state index is 12.1. The van der Waals surface area contributed by atoms with Crippen LogP contribution in [-0.4, -0.2) is 42.5 Å². The van der Waals surface area contributed by atoms with Gasteiger partial charge in [-0.15, -0.1) is 0 Å². The lowest BCUT2D eigenvalue weighted by atomic mass is 9.97. The minimum Gasteiger partial charge on any atom is -0.461 e. The molecule has 0 aromatic carbocycles. The average molecular weight is 305 g/mol. The van der Waals surface area contributed by atoms with Gasteiger partial charge in [0.05, 0.1) is 6.61 Å². The van der Waals surface area contributed by atoms with E-state index in [4.69, 9.17) is 4.74 Å². The van der Waals surface area contributed by atoms with Gasteiger partial charge in [-0.05, 0) is 45.0 Å². The van der Waals surface area contributed by atoms with Crippen LogP contribution in [0.5, 0.6) is 0 Å². The van der Waals surface area contributed by atoms with E-state index in [1.165, 1.54) is 18.2 Å². The Balaban J connectivity index is 2.01. The lowest BCUT2D eigenvalue weighted by molar-refractivity contribution is -0.124. The van der Waals surface area contributed by atoms with Crippen molar-refractivity contribution in [3.8, 4) is 0 Å². The van der Waals surface area contributed by atoms with E-state index in [0.717, 1.165) is 13.1 Å². The second kappa shape index (κ2) is 7.65. The Morgan fingerprint density at radius 2 is 1.95 bits per heavy atom. The Labute approximate surface area is 128 Å². The summed E-state index contributed by atoms with van der Waals surface area (Å²) in [6, 6.07) is 4.44. The Morgan fingerprint density at radius 3 is 2.64 bits per heavy atom. The van der Waals surface area contributed by atoms with Crippen molar-refractivity contribution in [1.29, 1.82) is 0 Å². The molecule has 2 heterocycles. The molecule has 0 saturated carbocycles. The van der Waals surface area contributed by atoms with Crippen LogP contribution in [0, 0.1) is 5.92 Å². The van der Waals surface area contributed by atoms with Crippen LogP contribution in [0.3, 0.4) is 0 Å². The number of imide groups is 1. The zero-order valence-corrected chi connectivity index (χ0v) is 12.4. The van der Waals surface area contributed by atoms with Crippen LogP contribution in [0.25, 0.3) is 0 Å². The highest BCUT2D eigenvalue weighted by Gasteiger charge is 2.23. The molecule has 0 atom stereocenters. The lowest BCUT2D eigenvalue weighted by Gasteiger charge is -2.21. The Morgan fingerprint density at radius 1 is 1.27 bits per heavy atom. The molecule has 7 nitrogen and oxygen atoms in total. The van der Waals surface area contributed by atoms with Crippen LogP contribution in [0.2, 0.25) is 0 Å². The maximum Gasteiger partial charge on any atom is 0.356 e. The summed E-state index contributed by atoms with van der Waals surface area (Å²) in [6.07, 6.45) is 1.41. The fraction of sp³-hybridized carbons (Fsp3) is 0.467. The number of amides is 2. The SMILES string of the molecule is CCOC(=O)c1cccc(C(=O)NC(=O)C2CCNCC2)n1. The molecule has 2 amide bonds. The third-order valence-electron chi connectivity index (χ3n) is 3.41. The van der Waals surface area contributed by atoms with Gasteiger partial charge in [-0.2, -0.15) is 0 Å². The lowest BCUT2D eigenvalue weighted by Crippen LogP contribution is -2.41. The van der Waals surface area contributed by atoms with Gasteiger partial charge in [0.1, 0.15) is 11.4 Å². The third-order valence-corrected chi connectivity index (χ3v) is 3.41. The fourth-order valence-electron chi connectivity index (χ4n) is 2.24. The first-order valence-electron chi connectivity index (χ1n) is 7.32. The van der Waals surface area contributed by atoms with Gasteiger partial charge in [0.25, 0.3) is 5.91 Å². The topological polar surface area (TPSA) is 97.4 Å². The fourth-order valence-corrected chi connectivity index (χ4v) is 2.24. The van der Waals surface area contributed by atoms with Gasteiger partial charge in [0.15, 0.2) is 0 Å². The van der Waals surface area contributed by atoms with Gasteiger partial charge >= 0.3 is 5.97 Å². The summed E-state index contributed by atoms with van der Waals surface area (Å²) in [6.45, 7) is 3.45. The number of nitrogens with zero attached hydrogens (tertiary/aromatic N) is 1. The summed E-state index contributed by atoms with van der Waals surface area (Å²) in [4.78, 5) is 39.6. The number of carbonyl (C=O) groups excluding carboxylic acids is 3. The van der Waals surface area contributed by atoms with Crippen LogP contribution >= 0.6 is 0 Å². The summed E-state index contributed by atoms with van der Waals surface area (Å²) >= 11 is 0. The predicted octanol–water partition coefficient (Wildman–Crippen LogP) is 0.514. The third kappa shape index (κ3) is 4.11. The van der Waals surface area contributed by atoms with Gasteiger partial charge < -0.3 is 10.1 Å². The minimum absolute atomic E-state index is 0.0211. The first-order chi connectivity index (χ1) is 10.6. The molecule has 22 heavy (non-hydrogen) atoms. The van der Waals surface area contributed by atoms with E-state index in [9.17, 15) is 14.4 Å². The molecule has 1 aromatic rings. The number of hydrogen-bond acceptors (Lipinski definition) is 6. The first kappa shape index (κ1) is 16.1. The molecule has 118 valence electrons. The van der Waals surface area contributed by atoms with Gasteiger partial charge in [-0.25, -0.2) is 9.78 Å². The molecule has 1 aromatic heterocycles. The molecule has 2 rings (SSSR count). The highest BCUT2D eigenvalue weighted by Crippen LogP contribution is 2.11. The van der Waals surface area contributed by atoms with Crippen molar-refractivity contribution in [1.82, 2.24) is 15.6 Å². The van der Waals surface area contributed by atoms with E-state index in [1.54, 1.807) is 6.92 Å². The van der Waals surface area contributed by atoms with Crippen molar-refractivity contribution in [3.63, 3.8) is 0 Å². The molecule has 7 heteroatoms. The number of rotatable bonds is 4. The number of hydrogen-bond donors (Lipinski definition) is 2. The van der Waals surface area contributed by atoms with Crippen molar-refractivity contribution < 1.29 is 19.1 Å². The van der Waals surface area contributed by atoms with Gasteiger partial charge in [-0.1, -0.05) is 6.07 Å². The maximum absolute atomic E-state index is 12.1. The number of carbonyl (C=O) groups is 3. The van der Waals surface area contributed by atoms with E-state index in [0.29, 0.717) is 12.8 Å². The molecule has 1 aliphatic heterocycles. The Bertz CT molecular complexity index is 568. The number of pyridine rings is 1. The molecule has 1 saturated heterocycles. The summed E-state index contributed by atoms with van der Waals surface area (Å²) in [5, 5.41) is 5.50. The van der Waals surface area contributed by atoms with E-state index in [-0.39, 0.29) is 29.8 Å². The first-order valence-corrected chi connectivity index (χ1v) is 7.32. The van der Waals surface area contributed by atoms with Crippen LogP contribution in [0.1, 0.15) is 40.7 Å². The normalized spacial score (nSPS) is 15.1. The van der Waals surface area contributed by atoms with Gasteiger partial charge in [-0.3, -0.25) is 14.9 Å². The molecular formula is C15H19N3O4. The average Bonchev–Trinajstić information content (AvgIpc) is 2.56. The number of aromatic nitrogens is 1. The van der Waals surface area contributed by atoms with E-state index in [2.05, 4.69) is 15.6 Å². The van der Waals surface area contributed by atoms with E-state index < -0.39 is 11.9 Å². The smallest absolute Gasteiger partial charge is 0.356 e. The zero-order chi connectivity index (χ0) is 15.9. The van der Waals surface area contributed by atoms with Crippen LogP contribution in [0.4, 0.5) is 0 Å². The molecule has 0 radical (unpaired) electrons. The van der Waals surface area contributed by atoms with Crippen molar-refractivity contribution in [2.24, 2.45) is 5.92 Å². The van der Waals surface area contributed by atoms with Crippen LogP contribution in [-0.2, 0) is 9.53 Å². The second-order valence-electron chi connectivity index (χ2n) is 4.97. The zero-order valence-electron chi connectivity index (χ0n) is 12.4. The highest BCUT2D eigenvalue weighted by atomic mass is 16.5. The number of ether oxygens (including phenoxy) is 1. The highest BCUT2D eigenvalue weighted by molar-refractivity contribution is 6.04. The molecule has 0 spiro atoms. The summed E-state index contributed by atoms with van der Waals surface area (Å²) in [5.74, 6) is -1.66. The molecule has 0 aliphatic carbocycles. The predicted molar refractivity (Wildman–Crippen MR) is 78.3 cm³/mol. The molecule has 0 unspecified atom stereocenters. The minimum atomic E-state index is -0.602. The standard InChI is InChI=1S/C15H19N3O4/c1-2-22-15(21)12-5-3-4-11(17-12)14(20)18-13(19)10-6-8-16-9-7-10/h3-5,10,16H,2,6-9H2,1H3,(H,18,19,20). The van der Waals surface area contributed by atoms with E-state index in [1.807, 2.05) is 0 Å². The summed E-state index contributed by atoms with van der Waals surface area (Å²) < 4.78 is 4.83. The van der Waals surface area contributed by atoms with Gasteiger partial charge in [0.2, 0.25) is 5.91 Å². The molecule has 2 N–H and O–H groups in total. The Kier molecular flexibility index (Phi) is 5.60. The summed E-state index contributed by atoms with van der Waals surface area (Å²) in [5.41, 5.74) is 0.0663. The molecule has 0 bridgehead atoms. The quantitative estimate of drug-likeness (QED) is 0.621. The van der Waals surface area contributed by atoms with E-state index >= 15 is 0 Å². The summed E-state index contributed by atoms with van der Waals surface area (Å²) in [7, 11) is 0. The molecule has 1 fully saturated rings. The molecule has 1 aliphatic rings. The Hall–Kier alpha value is -2.28. The van der Waals surface area contributed by atoms with Crippen LogP contribution in [0.15, 0.2) is 18.2 Å². The number of nitrogens with one attached hydrogen (secondary N) is 2. The van der Waals surface area contributed by atoms with Crippen molar-refractivity contribution >= 4 is 17.8 Å². The largest absolute Gasteiger partial charge is 0.461 e. The van der Waals surface area contributed by atoms with Crippen molar-refractivity contribution in [2.75, 3.05) is 19.7 Å². The van der Waals surface area contributed by atoms with Crippen LogP contribution < -0.4 is 10.6 Å². The number of esters is 1. The monoisotopic (exact) mass is 305 g/mol. The second-order valence-corrected chi connectivity index (χ2v) is 4.97. The molecular weight excluding hydrogens is 286 g/mol. The van der Waals surface area contributed by atoms with Gasteiger partial charge in [0, 0.05) is 5.92 Å². The van der Waals surface area contributed by atoms with Crippen molar-refractivity contribution in [3.05, 3.63) is 29.6 Å².